The molecule has 2 aromatic rings. The maximum Gasteiger partial charge on any atom is 0.124 e. The van der Waals surface area contributed by atoms with E-state index in [4.69, 9.17) is 0 Å². The molecule has 2 nitrogen and oxygen atoms in total. The van der Waals surface area contributed by atoms with Crippen molar-refractivity contribution in [3.63, 3.8) is 0 Å². The largest absolute Gasteiger partial charge is 0.507 e. The van der Waals surface area contributed by atoms with Gasteiger partial charge in [0.2, 0.25) is 0 Å². The summed E-state index contributed by atoms with van der Waals surface area (Å²) < 4.78 is 0. The fraction of sp³-hybridized carbons (Fsp3) is 0.333. The Morgan fingerprint density at radius 3 is 1.15 bits per heavy atom. The SMILES string of the molecule is Cc1cc(O)c(-c2c(O)cc(C)c(C)c2C)c(C)c1C. The molecule has 0 radical (unpaired) electrons. The summed E-state index contributed by atoms with van der Waals surface area (Å²) in [4.78, 5) is 0. The van der Waals surface area contributed by atoms with Gasteiger partial charge in [0.1, 0.15) is 11.5 Å². The lowest BCUT2D eigenvalue weighted by Crippen LogP contribution is -1.97. The summed E-state index contributed by atoms with van der Waals surface area (Å²) in [5.74, 6) is 0.458. The molecule has 0 saturated carbocycles. The minimum absolute atomic E-state index is 0.229. The summed E-state index contributed by atoms with van der Waals surface area (Å²) in [7, 11) is 0. The molecule has 0 amide bonds. The van der Waals surface area contributed by atoms with E-state index in [0.717, 1.165) is 44.5 Å². The molecular formula is C18H22O2. The zero-order valence-corrected chi connectivity index (χ0v) is 13.0. The Labute approximate surface area is 120 Å². The number of rotatable bonds is 1. The molecule has 2 N–H and O–H groups in total. The van der Waals surface area contributed by atoms with E-state index in [1.807, 2.05) is 41.5 Å². The third-order valence-corrected chi connectivity index (χ3v) is 4.53. The molecule has 0 saturated heterocycles. The van der Waals surface area contributed by atoms with Gasteiger partial charge in [0.15, 0.2) is 0 Å². The molecule has 0 bridgehead atoms. The molecule has 0 aliphatic carbocycles. The molecule has 0 atom stereocenters. The zero-order chi connectivity index (χ0) is 15.2. The van der Waals surface area contributed by atoms with Crippen LogP contribution in [0.4, 0.5) is 0 Å². The van der Waals surface area contributed by atoms with Crippen LogP contribution in [0, 0.1) is 41.5 Å². The van der Waals surface area contributed by atoms with Crippen molar-refractivity contribution in [1.29, 1.82) is 0 Å². The van der Waals surface area contributed by atoms with Crippen LogP contribution in [0.3, 0.4) is 0 Å². The first-order valence-electron chi connectivity index (χ1n) is 6.85. The van der Waals surface area contributed by atoms with Gasteiger partial charge in [0.05, 0.1) is 0 Å². The molecule has 0 aliphatic rings. The van der Waals surface area contributed by atoms with Crippen LogP contribution in [0.1, 0.15) is 33.4 Å². The van der Waals surface area contributed by atoms with E-state index in [0.29, 0.717) is 0 Å². The molecule has 0 aliphatic heterocycles. The summed E-state index contributed by atoms with van der Waals surface area (Å²) >= 11 is 0. The second-order valence-electron chi connectivity index (χ2n) is 5.68. The van der Waals surface area contributed by atoms with Crippen LogP contribution in [0.5, 0.6) is 11.5 Å². The second kappa shape index (κ2) is 4.86. The molecule has 2 aromatic carbocycles. The Morgan fingerprint density at radius 2 is 0.850 bits per heavy atom. The van der Waals surface area contributed by atoms with Gasteiger partial charge in [-0.2, -0.15) is 0 Å². The Morgan fingerprint density at radius 1 is 0.550 bits per heavy atom. The molecule has 0 unspecified atom stereocenters. The predicted octanol–water partition coefficient (Wildman–Crippen LogP) is 4.62. The van der Waals surface area contributed by atoms with Gasteiger partial charge < -0.3 is 10.2 Å². The number of phenolic OH excluding ortho intramolecular Hbond substituents is 2. The third-order valence-electron chi connectivity index (χ3n) is 4.53. The highest BCUT2D eigenvalue weighted by Crippen LogP contribution is 2.43. The second-order valence-corrected chi connectivity index (χ2v) is 5.68. The minimum Gasteiger partial charge on any atom is -0.507 e. The van der Waals surface area contributed by atoms with Gasteiger partial charge in [-0.25, -0.2) is 0 Å². The third kappa shape index (κ3) is 2.05. The molecule has 2 rings (SSSR count). The number of aromatic hydroxyl groups is 2. The van der Waals surface area contributed by atoms with Gasteiger partial charge >= 0.3 is 0 Å². The van der Waals surface area contributed by atoms with Crippen LogP contribution in [-0.4, -0.2) is 10.2 Å². The van der Waals surface area contributed by atoms with Gasteiger partial charge in [-0.3, -0.25) is 0 Å². The van der Waals surface area contributed by atoms with E-state index in [9.17, 15) is 10.2 Å². The van der Waals surface area contributed by atoms with Crippen molar-refractivity contribution in [2.45, 2.75) is 41.5 Å². The Hall–Kier alpha value is -1.96. The van der Waals surface area contributed by atoms with Crippen molar-refractivity contribution in [2.75, 3.05) is 0 Å². The van der Waals surface area contributed by atoms with Crippen molar-refractivity contribution in [3.05, 3.63) is 45.5 Å². The molecule has 0 heterocycles. The fourth-order valence-electron chi connectivity index (χ4n) is 2.75. The van der Waals surface area contributed by atoms with E-state index in [2.05, 4.69) is 0 Å². The molecule has 0 aromatic heterocycles. The average molecular weight is 270 g/mol. The van der Waals surface area contributed by atoms with Crippen molar-refractivity contribution < 1.29 is 10.2 Å². The summed E-state index contributed by atoms with van der Waals surface area (Å²) in [5, 5.41) is 20.7. The molecule has 0 spiro atoms. The minimum atomic E-state index is 0.229. The standard InChI is InChI=1S/C18H22O2/c1-9-7-15(19)17(13(5)11(9)3)18-14(6)12(4)10(2)8-16(18)20/h7-8,19-20H,1-6H3. The quantitative estimate of drug-likeness (QED) is 0.794. The van der Waals surface area contributed by atoms with E-state index in [1.54, 1.807) is 12.1 Å². The van der Waals surface area contributed by atoms with E-state index in [-0.39, 0.29) is 11.5 Å². The number of hydrogen-bond acceptors (Lipinski definition) is 2. The Balaban J connectivity index is 2.90. The lowest BCUT2D eigenvalue weighted by Gasteiger charge is -2.19. The van der Waals surface area contributed by atoms with Gasteiger partial charge in [-0.1, -0.05) is 0 Å². The average Bonchev–Trinajstić information content (AvgIpc) is 2.37. The first kappa shape index (κ1) is 14.4. The maximum absolute atomic E-state index is 10.3. The lowest BCUT2D eigenvalue weighted by molar-refractivity contribution is 0.467. The summed E-state index contributed by atoms with van der Waals surface area (Å²) in [6.45, 7) is 12.0. The fourth-order valence-corrected chi connectivity index (χ4v) is 2.75. The highest BCUT2D eigenvalue weighted by atomic mass is 16.3. The molecule has 2 heteroatoms. The summed E-state index contributed by atoms with van der Waals surface area (Å²) in [6, 6.07) is 3.54. The maximum atomic E-state index is 10.3. The highest BCUT2D eigenvalue weighted by Gasteiger charge is 2.19. The first-order chi connectivity index (χ1) is 9.25. The monoisotopic (exact) mass is 270 g/mol. The first-order valence-corrected chi connectivity index (χ1v) is 6.85. The number of aryl methyl sites for hydroxylation is 2. The van der Waals surface area contributed by atoms with E-state index in [1.165, 1.54) is 0 Å². The van der Waals surface area contributed by atoms with Crippen LogP contribution in [0.25, 0.3) is 11.1 Å². The van der Waals surface area contributed by atoms with Crippen molar-refractivity contribution in [3.8, 4) is 22.6 Å². The van der Waals surface area contributed by atoms with Crippen molar-refractivity contribution in [1.82, 2.24) is 0 Å². The van der Waals surface area contributed by atoms with E-state index >= 15 is 0 Å². The van der Waals surface area contributed by atoms with Gasteiger partial charge in [-0.05, 0) is 87.1 Å². The van der Waals surface area contributed by atoms with Gasteiger partial charge in [0, 0.05) is 11.1 Å². The highest BCUT2D eigenvalue weighted by molar-refractivity contribution is 5.83. The number of phenols is 2. The van der Waals surface area contributed by atoms with Crippen LogP contribution >= 0.6 is 0 Å². The summed E-state index contributed by atoms with van der Waals surface area (Å²) in [5.41, 5.74) is 7.94. The normalized spacial score (nSPS) is 10.9. The van der Waals surface area contributed by atoms with Crippen LogP contribution in [0.15, 0.2) is 12.1 Å². The lowest BCUT2D eigenvalue weighted by atomic mass is 9.87. The summed E-state index contributed by atoms with van der Waals surface area (Å²) in [6.07, 6.45) is 0. The van der Waals surface area contributed by atoms with E-state index < -0.39 is 0 Å². The van der Waals surface area contributed by atoms with Gasteiger partial charge in [0.25, 0.3) is 0 Å². The van der Waals surface area contributed by atoms with Crippen LogP contribution in [0.2, 0.25) is 0 Å². The Bertz CT molecular complexity index is 636. The molecule has 20 heavy (non-hydrogen) atoms. The predicted molar refractivity (Wildman–Crippen MR) is 83.6 cm³/mol. The van der Waals surface area contributed by atoms with Crippen molar-refractivity contribution in [2.24, 2.45) is 0 Å². The van der Waals surface area contributed by atoms with Gasteiger partial charge in [-0.15, -0.1) is 0 Å². The van der Waals surface area contributed by atoms with Crippen molar-refractivity contribution >= 4 is 0 Å². The zero-order valence-electron chi connectivity index (χ0n) is 13.0. The molecular weight excluding hydrogens is 248 g/mol. The molecule has 0 fully saturated rings. The van der Waals surface area contributed by atoms with Crippen LogP contribution in [-0.2, 0) is 0 Å². The smallest absolute Gasteiger partial charge is 0.124 e. The molecule has 106 valence electrons. The topological polar surface area (TPSA) is 40.5 Å². The number of hydrogen-bond donors (Lipinski definition) is 2. The number of benzene rings is 2. The Kier molecular flexibility index (Phi) is 3.51. The van der Waals surface area contributed by atoms with Crippen LogP contribution < -0.4 is 0 Å².